The van der Waals surface area contributed by atoms with E-state index in [9.17, 15) is 9.90 Å². The normalized spacial score (nSPS) is 23.2. The second-order valence-electron chi connectivity index (χ2n) is 7.07. The lowest BCUT2D eigenvalue weighted by atomic mass is 9.65. The minimum Gasteiger partial charge on any atom is -0.481 e. The van der Waals surface area contributed by atoms with Gasteiger partial charge >= 0.3 is 5.97 Å². The molecule has 0 saturated heterocycles. The van der Waals surface area contributed by atoms with Crippen LogP contribution in [0.25, 0.3) is 10.9 Å². The lowest BCUT2D eigenvalue weighted by Gasteiger charge is -2.38. The molecule has 0 amide bonds. The quantitative estimate of drug-likeness (QED) is 0.707. The average molecular weight is 325 g/mol. The first kappa shape index (κ1) is 16.8. The number of allylic oxidation sites excluding steroid dienone is 1. The van der Waals surface area contributed by atoms with Crippen LogP contribution in [-0.4, -0.2) is 16.1 Å². The molecule has 0 radical (unpaired) electrons. The summed E-state index contributed by atoms with van der Waals surface area (Å²) in [5.74, 6) is -0.272. The predicted molar refractivity (Wildman–Crippen MR) is 98.7 cm³/mol. The van der Waals surface area contributed by atoms with Crippen molar-refractivity contribution in [2.75, 3.05) is 0 Å². The van der Waals surface area contributed by atoms with Gasteiger partial charge in [-0.2, -0.15) is 0 Å². The van der Waals surface area contributed by atoms with Gasteiger partial charge in [0.25, 0.3) is 0 Å². The van der Waals surface area contributed by atoms with Crippen molar-refractivity contribution in [1.82, 2.24) is 4.98 Å². The van der Waals surface area contributed by atoms with Crippen molar-refractivity contribution in [3.63, 3.8) is 0 Å². The van der Waals surface area contributed by atoms with Crippen molar-refractivity contribution in [2.45, 2.75) is 63.7 Å². The van der Waals surface area contributed by atoms with E-state index in [1.54, 1.807) is 0 Å². The van der Waals surface area contributed by atoms with E-state index in [-0.39, 0.29) is 11.8 Å². The standard InChI is InChI=1S/C21H27NO2/c1-4-8-15-11-12-21(6-3,13-17(23)24)20-18(15)16-10-7-9-14(5-2)19(16)22-20/h4,7,9-10,15,22H,1,5-6,8,11-13H2,2-3H3,(H,23,24)/t15-,21?/m0/s1. The third-order valence-corrected chi connectivity index (χ3v) is 5.87. The van der Waals surface area contributed by atoms with E-state index in [0.717, 1.165) is 32.1 Å². The molecular formula is C21H27NO2. The van der Waals surface area contributed by atoms with Crippen LogP contribution in [0.5, 0.6) is 0 Å². The highest BCUT2D eigenvalue weighted by Crippen LogP contribution is 2.50. The summed E-state index contributed by atoms with van der Waals surface area (Å²) in [6.07, 6.45) is 6.92. The molecule has 0 aliphatic heterocycles. The highest BCUT2D eigenvalue weighted by Gasteiger charge is 2.42. The lowest BCUT2D eigenvalue weighted by molar-refractivity contribution is -0.138. The summed E-state index contributed by atoms with van der Waals surface area (Å²) in [7, 11) is 0. The molecular weight excluding hydrogens is 298 g/mol. The number of rotatable bonds is 6. The van der Waals surface area contributed by atoms with Crippen LogP contribution in [0.3, 0.4) is 0 Å². The molecule has 1 aromatic heterocycles. The van der Waals surface area contributed by atoms with E-state index >= 15 is 0 Å². The molecule has 0 spiro atoms. The van der Waals surface area contributed by atoms with E-state index in [2.05, 4.69) is 43.6 Å². The van der Waals surface area contributed by atoms with Gasteiger partial charge in [-0.15, -0.1) is 6.58 Å². The minimum absolute atomic E-state index is 0.200. The number of aliphatic carboxylic acids is 1. The minimum atomic E-state index is -0.709. The summed E-state index contributed by atoms with van der Waals surface area (Å²) in [6, 6.07) is 6.48. The van der Waals surface area contributed by atoms with Gasteiger partial charge in [0, 0.05) is 22.0 Å². The molecule has 0 saturated carbocycles. The molecule has 24 heavy (non-hydrogen) atoms. The van der Waals surface area contributed by atoms with Crippen LogP contribution >= 0.6 is 0 Å². The van der Waals surface area contributed by atoms with Gasteiger partial charge in [0.15, 0.2) is 0 Å². The number of H-pyrrole nitrogens is 1. The Labute approximate surface area is 143 Å². The number of hydrogen-bond acceptors (Lipinski definition) is 1. The molecule has 1 aliphatic rings. The molecule has 3 rings (SSSR count). The van der Waals surface area contributed by atoms with Crippen LogP contribution in [0, 0.1) is 0 Å². The highest BCUT2D eigenvalue weighted by atomic mass is 16.4. The van der Waals surface area contributed by atoms with Gasteiger partial charge in [-0.25, -0.2) is 0 Å². The number of benzene rings is 1. The summed E-state index contributed by atoms with van der Waals surface area (Å²) in [6.45, 7) is 8.21. The second-order valence-corrected chi connectivity index (χ2v) is 7.07. The van der Waals surface area contributed by atoms with Gasteiger partial charge in [0.05, 0.1) is 6.42 Å². The average Bonchev–Trinajstić information content (AvgIpc) is 2.97. The molecule has 2 atom stereocenters. The lowest BCUT2D eigenvalue weighted by Crippen LogP contribution is -2.34. The number of carboxylic acids is 1. The Balaban J connectivity index is 2.28. The Hall–Kier alpha value is -2.03. The number of para-hydroxylation sites is 1. The van der Waals surface area contributed by atoms with Crippen LogP contribution in [0.1, 0.15) is 68.7 Å². The van der Waals surface area contributed by atoms with E-state index in [1.165, 1.54) is 27.7 Å². The Morgan fingerprint density at radius 1 is 1.46 bits per heavy atom. The third-order valence-electron chi connectivity index (χ3n) is 5.87. The van der Waals surface area contributed by atoms with Crippen LogP contribution in [0.2, 0.25) is 0 Å². The Morgan fingerprint density at radius 2 is 2.25 bits per heavy atom. The van der Waals surface area contributed by atoms with Gasteiger partial charge < -0.3 is 10.1 Å². The topological polar surface area (TPSA) is 53.1 Å². The van der Waals surface area contributed by atoms with Crippen molar-refractivity contribution in [3.8, 4) is 0 Å². The summed E-state index contributed by atoms with van der Waals surface area (Å²) in [4.78, 5) is 15.2. The van der Waals surface area contributed by atoms with Gasteiger partial charge in [0.2, 0.25) is 0 Å². The fraction of sp³-hybridized carbons (Fsp3) is 0.476. The molecule has 2 N–H and O–H groups in total. The molecule has 0 bridgehead atoms. The van der Waals surface area contributed by atoms with Crippen LogP contribution in [0.4, 0.5) is 0 Å². The predicted octanol–water partition coefficient (Wildman–Crippen LogP) is 5.31. The molecule has 1 aliphatic carbocycles. The summed E-state index contributed by atoms with van der Waals surface area (Å²) >= 11 is 0. The number of hydrogen-bond donors (Lipinski definition) is 2. The van der Waals surface area contributed by atoms with Crippen molar-refractivity contribution in [3.05, 3.63) is 47.7 Å². The van der Waals surface area contributed by atoms with Crippen molar-refractivity contribution >= 4 is 16.9 Å². The maximum Gasteiger partial charge on any atom is 0.304 e. The monoisotopic (exact) mass is 325 g/mol. The van der Waals surface area contributed by atoms with Crippen LogP contribution in [0.15, 0.2) is 30.9 Å². The highest BCUT2D eigenvalue weighted by molar-refractivity contribution is 5.89. The number of aryl methyl sites for hydroxylation is 1. The number of aromatic amines is 1. The first-order valence-corrected chi connectivity index (χ1v) is 9.03. The zero-order valence-corrected chi connectivity index (χ0v) is 14.7. The number of aromatic nitrogens is 1. The maximum absolute atomic E-state index is 11.6. The van der Waals surface area contributed by atoms with Gasteiger partial charge in [0.1, 0.15) is 0 Å². The van der Waals surface area contributed by atoms with Gasteiger partial charge in [-0.05, 0) is 49.1 Å². The number of carboxylic acid groups (broad SMARTS) is 1. The third kappa shape index (κ3) is 2.56. The first-order chi connectivity index (χ1) is 11.6. The SMILES string of the molecule is C=CC[C@H]1CCC(CC)(CC(=O)O)c2[nH]c3c(CC)cccc3c21. The van der Waals surface area contributed by atoms with Crippen molar-refractivity contribution < 1.29 is 9.90 Å². The summed E-state index contributed by atoms with van der Waals surface area (Å²) < 4.78 is 0. The maximum atomic E-state index is 11.6. The van der Waals surface area contributed by atoms with Crippen molar-refractivity contribution in [1.29, 1.82) is 0 Å². The van der Waals surface area contributed by atoms with Crippen LogP contribution < -0.4 is 0 Å². The molecule has 128 valence electrons. The fourth-order valence-corrected chi connectivity index (χ4v) is 4.54. The van der Waals surface area contributed by atoms with Crippen LogP contribution in [-0.2, 0) is 16.6 Å². The van der Waals surface area contributed by atoms with E-state index in [4.69, 9.17) is 0 Å². The Bertz CT molecular complexity index is 773. The number of carbonyl (C=O) groups is 1. The molecule has 2 aromatic rings. The van der Waals surface area contributed by atoms with E-state index in [1.807, 2.05) is 6.08 Å². The zero-order valence-electron chi connectivity index (χ0n) is 14.7. The summed E-state index contributed by atoms with van der Waals surface area (Å²) in [5, 5.41) is 10.8. The zero-order chi connectivity index (χ0) is 17.3. The molecule has 1 unspecified atom stereocenters. The molecule has 3 heteroatoms. The number of nitrogens with one attached hydrogen (secondary N) is 1. The second kappa shape index (κ2) is 6.46. The van der Waals surface area contributed by atoms with Gasteiger partial charge in [-0.1, -0.05) is 38.1 Å². The summed E-state index contributed by atoms with van der Waals surface area (Å²) in [5.41, 5.74) is 4.74. The Morgan fingerprint density at radius 3 is 2.88 bits per heavy atom. The molecule has 1 heterocycles. The smallest absolute Gasteiger partial charge is 0.304 e. The van der Waals surface area contributed by atoms with E-state index in [0.29, 0.717) is 5.92 Å². The van der Waals surface area contributed by atoms with E-state index < -0.39 is 5.97 Å². The largest absolute Gasteiger partial charge is 0.481 e. The molecule has 0 fully saturated rings. The first-order valence-electron chi connectivity index (χ1n) is 9.03. The molecule has 1 aromatic carbocycles. The van der Waals surface area contributed by atoms with Gasteiger partial charge in [-0.3, -0.25) is 4.79 Å². The Kier molecular flexibility index (Phi) is 4.53. The molecule has 3 nitrogen and oxygen atoms in total. The fourth-order valence-electron chi connectivity index (χ4n) is 4.54. The van der Waals surface area contributed by atoms with Crippen molar-refractivity contribution in [2.24, 2.45) is 0 Å². The number of fused-ring (bicyclic) bond motifs is 3.